The van der Waals surface area contributed by atoms with Crippen molar-refractivity contribution >= 4 is 0 Å². The zero-order valence-corrected chi connectivity index (χ0v) is 15.8. The first-order chi connectivity index (χ1) is 11.8. The normalized spacial score (nSPS) is 31.2. The number of rotatable bonds is 11. The molecule has 2 fully saturated rings. The molecule has 2 rings (SSSR count). The number of unbranched alkanes of at least 4 members (excludes halogenated alkanes) is 3. The van der Waals surface area contributed by atoms with Gasteiger partial charge < -0.3 is 18.9 Å². The average molecular weight is 343 g/mol. The van der Waals surface area contributed by atoms with Crippen molar-refractivity contribution in [3.05, 3.63) is 0 Å². The van der Waals surface area contributed by atoms with E-state index in [1.165, 1.54) is 51.4 Å². The third-order valence-electron chi connectivity index (χ3n) is 5.13. The van der Waals surface area contributed by atoms with Crippen LogP contribution in [0.5, 0.6) is 0 Å². The van der Waals surface area contributed by atoms with Gasteiger partial charge in [0.05, 0.1) is 26.4 Å². The Kier molecular flexibility index (Phi) is 10.3. The Balaban J connectivity index is 1.45. The van der Waals surface area contributed by atoms with E-state index in [0.29, 0.717) is 11.8 Å². The Morgan fingerprint density at radius 2 is 0.917 bits per heavy atom. The SMILES string of the molecule is CCCCC1COC(CCCCC2COC(CCCC)OC2)OC1. The van der Waals surface area contributed by atoms with E-state index in [4.69, 9.17) is 18.9 Å². The highest BCUT2D eigenvalue weighted by molar-refractivity contribution is 4.66. The van der Waals surface area contributed by atoms with Gasteiger partial charge in [-0.25, -0.2) is 0 Å². The minimum absolute atomic E-state index is 0.0279. The zero-order valence-electron chi connectivity index (χ0n) is 15.8. The molecule has 142 valence electrons. The van der Waals surface area contributed by atoms with Gasteiger partial charge in [-0.15, -0.1) is 0 Å². The van der Waals surface area contributed by atoms with E-state index in [2.05, 4.69) is 13.8 Å². The highest BCUT2D eigenvalue weighted by atomic mass is 16.7. The summed E-state index contributed by atoms with van der Waals surface area (Å²) in [6.07, 6.45) is 11.9. The lowest BCUT2D eigenvalue weighted by molar-refractivity contribution is -0.207. The van der Waals surface area contributed by atoms with Gasteiger partial charge in [0.1, 0.15) is 0 Å². The van der Waals surface area contributed by atoms with Gasteiger partial charge in [-0.05, 0) is 38.5 Å². The molecule has 0 atom stereocenters. The first-order valence-electron chi connectivity index (χ1n) is 10.3. The van der Waals surface area contributed by atoms with Crippen LogP contribution in [0.4, 0.5) is 0 Å². The monoisotopic (exact) mass is 342 g/mol. The summed E-state index contributed by atoms with van der Waals surface area (Å²) in [4.78, 5) is 0. The Hall–Kier alpha value is -0.160. The van der Waals surface area contributed by atoms with Crippen LogP contribution in [0.25, 0.3) is 0 Å². The minimum Gasteiger partial charge on any atom is -0.352 e. The summed E-state index contributed by atoms with van der Waals surface area (Å²) in [6.45, 7) is 7.94. The molecule has 0 amide bonds. The first-order valence-corrected chi connectivity index (χ1v) is 10.3. The minimum atomic E-state index is 0.0279. The molecule has 0 aromatic heterocycles. The molecule has 24 heavy (non-hydrogen) atoms. The van der Waals surface area contributed by atoms with Crippen molar-refractivity contribution < 1.29 is 18.9 Å². The van der Waals surface area contributed by atoms with Gasteiger partial charge in [0, 0.05) is 11.8 Å². The van der Waals surface area contributed by atoms with E-state index in [9.17, 15) is 0 Å². The van der Waals surface area contributed by atoms with Gasteiger partial charge in [0.2, 0.25) is 0 Å². The fourth-order valence-electron chi connectivity index (χ4n) is 3.44. The van der Waals surface area contributed by atoms with Crippen LogP contribution in [-0.4, -0.2) is 39.0 Å². The van der Waals surface area contributed by atoms with Gasteiger partial charge in [0.15, 0.2) is 12.6 Å². The van der Waals surface area contributed by atoms with Crippen LogP contribution in [0.3, 0.4) is 0 Å². The number of hydrogen-bond acceptors (Lipinski definition) is 4. The van der Waals surface area contributed by atoms with Crippen molar-refractivity contribution in [3.63, 3.8) is 0 Å². The molecule has 4 nitrogen and oxygen atoms in total. The molecule has 2 aliphatic heterocycles. The van der Waals surface area contributed by atoms with E-state index in [1.807, 2.05) is 0 Å². The zero-order chi connectivity index (χ0) is 17.0. The van der Waals surface area contributed by atoms with Crippen LogP contribution < -0.4 is 0 Å². The van der Waals surface area contributed by atoms with Gasteiger partial charge in [-0.3, -0.25) is 0 Å². The lowest BCUT2D eigenvalue weighted by Crippen LogP contribution is -2.32. The molecule has 2 heterocycles. The molecule has 0 aromatic carbocycles. The molecule has 0 radical (unpaired) electrons. The molecule has 2 saturated heterocycles. The van der Waals surface area contributed by atoms with Crippen molar-refractivity contribution in [1.82, 2.24) is 0 Å². The van der Waals surface area contributed by atoms with Crippen LogP contribution >= 0.6 is 0 Å². The summed E-state index contributed by atoms with van der Waals surface area (Å²) >= 11 is 0. The van der Waals surface area contributed by atoms with Crippen LogP contribution in [0, 0.1) is 11.8 Å². The molecule has 4 heteroatoms. The topological polar surface area (TPSA) is 36.9 Å². The fraction of sp³-hybridized carbons (Fsp3) is 1.00. The summed E-state index contributed by atoms with van der Waals surface area (Å²) in [5, 5.41) is 0. The quantitative estimate of drug-likeness (QED) is 0.500. The second-order valence-corrected chi connectivity index (χ2v) is 7.49. The van der Waals surface area contributed by atoms with Crippen LogP contribution in [0.15, 0.2) is 0 Å². The Bertz CT molecular complexity index is 264. The van der Waals surface area contributed by atoms with Gasteiger partial charge in [-0.2, -0.15) is 0 Å². The second kappa shape index (κ2) is 12.2. The Labute approximate surface area is 148 Å². The number of hydrogen-bond donors (Lipinski definition) is 0. The average Bonchev–Trinajstić information content (AvgIpc) is 2.64. The summed E-state index contributed by atoms with van der Waals surface area (Å²) in [5.41, 5.74) is 0. The van der Waals surface area contributed by atoms with E-state index < -0.39 is 0 Å². The smallest absolute Gasteiger partial charge is 0.157 e. The lowest BCUT2D eigenvalue weighted by atomic mass is 10.0. The Morgan fingerprint density at radius 3 is 1.42 bits per heavy atom. The van der Waals surface area contributed by atoms with E-state index in [0.717, 1.165) is 39.3 Å². The molecule has 0 N–H and O–H groups in total. The molecule has 0 aliphatic carbocycles. The predicted octanol–water partition coefficient (Wildman–Crippen LogP) is 4.91. The summed E-state index contributed by atoms with van der Waals surface area (Å²) in [7, 11) is 0. The van der Waals surface area contributed by atoms with Crippen LogP contribution in [-0.2, 0) is 18.9 Å². The van der Waals surface area contributed by atoms with Crippen molar-refractivity contribution in [2.45, 2.75) is 90.6 Å². The van der Waals surface area contributed by atoms with Gasteiger partial charge in [-0.1, -0.05) is 39.5 Å². The molecule has 0 bridgehead atoms. The fourth-order valence-corrected chi connectivity index (χ4v) is 3.44. The molecule has 2 aliphatic rings. The van der Waals surface area contributed by atoms with Crippen LogP contribution in [0.2, 0.25) is 0 Å². The molecule has 0 spiro atoms. The van der Waals surface area contributed by atoms with Crippen molar-refractivity contribution in [3.8, 4) is 0 Å². The maximum Gasteiger partial charge on any atom is 0.157 e. The number of ether oxygens (including phenoxy) is 4. The van der Waals surface area contributed by atoms with Crippen molar-refractivity contribution in [1.29, 1.82) is 0 Å². The molecular formula is C20H38O4. The molecule has 0 unspecified atom stereocenters. The van der Waals surface area contributed by atoms with Crippen LogP contribution in [0.1, 0.15) is 78.1 Å². The summed E-state index contributed by atoms with van der Waals surface area (Å²) in [6, 6.07) is 0. The van der Waals surface area contributed by atoms with Gasteiger partial charge in [0.25, 0.3) is 0 Å². The predicted molar refractivity (Wildman–Crippen MR) is 95.9 cm³/mol. The second-order valence-electron chi connectivity index (χ2n) is 7.49. The third kappa shape index (κ3) is 7.81. The Morgan fingerprint density at radius 1 is 0.542 bits per heavy atom. The maximum absolute atomic E-state index is 5.86. The third-order valence-corrected chi connectivity index (χ3v) is 5.13. The lowest BCUT2D eigenvalue weighted by Gasteiger charge is -2.30. The van der Waals surface area contributed by atoms with Crippen molar-refractivity contribution in [2.24, 2.45) is 11.8 Å². The van der Waals surface area contributed by atoms with E-state index in [-0.39, 0.29) is 12.6 Å². The molecule has 0 saturated carbocycles. The molecular weight excluding hydrogens is 304 g/mol. The largest absolute Gasteiger partial charge is 0.352 e. The highest BCUT2D eigenvalue weighted by Gasteiger charge is 2.23. The van der Waals surface area contributed by atoms with E-state index in [1.54, 1.807) is 0 Å². The standard InChI is InChI=1S/C20H38O4/c1-3-5-9-17-13-23-20(24-14-17)12-8-7-10-18-15-21-19(22-16-18)11-6-4-2/h17-20H,3-16H2,1-2H3. The first kappa shape index (κ1) is 20.2. The van der Waals surface area contributed by atoms with Crippen molar-refractivity contribution in [2.75, 3.05) is 26.4 Å². The highest BCUT2D eigenvalue weighted by Crippen LogP contribution is 2.23. The summed E-state index contributed by atoms with van der Waals surface area (Å²) in [5.74, 6) is 1.17. The molecule has 0 aromatic rings. The summed E-state index contributed by atoms with van der Waals surface area (Å²) < 4.78 is 23.3. The van der Waals surface area contributed by atoms with Gasteiger partial charge >= 0.3 is 0 Å². The van der Waals surface area contributed by atoms with E-state index >= 15 is 0 Å². The maximum atomic E-state index is 5.86.